The summed E-state index contributed by atoms with van der Waals surface area (Å²) in [5, 5.41) is 21.7. The molecule has 1 amide bonds. The maximum atomic E-state index is 13.6. The number of sulfonamides is 1. The van der Waals surface area contributed by atoms with Crippen molar-refractivity contribution in [2.75, 3.05) is 0 Å². The number of fused-ring (bicyclic) bond motifs is 1. The zero-order valence-corrected chi connectivity index (χ0v) is 20.4. The molecule has 4 aromatic rings. The second-order valence-corrected chi connectivity index (χ2v) is 10.9. The van der Waals surface area contributed by atoms with Crippen molar-refractivity contribution in [3.63, 3.8) is 0 Å². The maximum Gasteiger partial charge on any atom is 0.282 e. The molecule has 0 bridgehead atoms. The molecule has 190 valence electrons. The SMILES string of the molecule is Cc1ccc2c(c1)c(-c1ccc[nH]c1=O)c(C(=O)NS(=O)(=O)C1CC1)n2Cc1cc([N+](=O)[O-])ccc1O. The number of carbonyl (C=O) groups excluding carboxylic acids is 1. The van der Waals surface area contributed by atoms with Crippen LogP contribution < -0.4 is 10.3 Å². The smallest absolute Gasteiger partial charge is 0.282 e. The number of nitro benzene ring substituents is 1. The molecule has 0 atom stereocenters. The first-order valence-corrected chi connectivity index (χ1v) is 12.9. The Hall–Kier alpha value is -4.45. The van der Waals surface area contributed by atoms with Crippen molar-refractivity contribution < 1.29 is 23.2 Å². The van der Waals surface area contributed by atoms with E-state index in [1.54, 1.807) is 24.3 Å². The number of hydrogen-bond donors (Lipinski definition) is 3. The molecule has 0 saturated heterocycles. The summed E-state index contributed by atoms with van der Waals surface area (Å²) in [5.74, 6) is -1.18. The number of rotatable bonds is 7. The second-order valence-electron chi connectivity index (χ2n) is 8.99. The minimum atomic E-state index is -3.94. The first-order chi connectivity index (χ1) is 17.6. The number of aromatic hydroxyl groups is 1. The molecule has 1 aliphatic carbocycles. The number of hydrogen-bond acceptors (Lipinski definition) is 7. The molecule has 1 fully saturated rings. The van der Waals surface area contributed by atoms with Crippen LogP contribution in [-0.2, 0) is 16.6 Å². The number of aromatic amines is 1. The van der Waals surface area contributed by atoms with Gasteiger partial charge in [0, 0.05) is 45.9 Å². The number of carbonyl (C=O) groups is 1. The van der Waals surface area contributed by atoms with Gasteiger partial charge in [-0.15, -0.1) is 0 Å². The Morgan fingerprint density at radius 3 is 2.65 bits per heavy atom. The van der Waals surface area contributed by atoms with Crippen LogP contribution in [0, 0.1) is 17.0 Å². The number of non-ortho nitro benzene ring substituents is 1. The Bertz CT molecular complexity index is 1750. The number of H-pyrrole nitrogens is 1. The van der Waals surface area contributed by atoms with Crippen LogP contribution in [0.3, 0.4) is 0 Å². The summed E-state index contributed by atoms with van der Waals surface area (Å²) in [4.78, 5) is 39.8. The number of nitro groups is 1. The predicted octanol–water partition coefficient (Wildman–Crippen LogP) is 3.19. The van der Waals surface area contributed by atoms with E-state index < -0.39 is 31.7 Å². The zero-order chi connectivity index (χ0) is 26.5. The Morgan fingerprint density at radius 2 is 1.97 bits per heavy atom. The summed E-state index contributed by atoms with van der Waals surface area (Å²) < 4.78 is 29.0. The van der Waals surface area contributed by atoms with Gasteiger partial charge in [0.1, 0.15) is 11.4 Å². The molecule has 11 nitrogen and oxygen atoms in total. The topological polar surface area (TPSA) is 164 Å². The third kappa shape index (κ3) is 4.47. The van der Waals surface area contributed by atoms with Gasteiger partial charge in [0.15, 0.2) is 0 Å². The third-order valence-corrected chi connectivity index (χ3v) is 8.14. The molecule has 2 aromatic heterocycles. The fraction of sp³-hybridized carbons (Fsp3) is 0.200. The highest BCUT2D eigenvalue weighted by Crippen LogP contribution is 2.37. The summed E-state index contributed by atoms with van der Waals surface area (Å²) in [6, 6.07) is 11.9. The largest absolute Gasteiger partial charge is 0.508 e. The van der Waals surface area contributed by atoms with Crippen LogP contribution in [0.5, 0.6) is 5.75 Å². The number of phenols is 1. The molecule has 3 N–H and O–H groups in total. The number of nitrogens with one attached hydrogen (secondary N) is 2. The second kappa shape index (κ2) is 8.89. The highest BCUT2D eigenvalue weighted by atomic mass is 32.2. The van der Waals surface area contributed by atoms with Crippen molar-refractivity contribution in [3.05, 3.63) is 92.0 Å². The van der Waals surface area contributed by atoms with E-state index in [4.69, 9.17) is 0 Å². The normalized spacial score (nSPS) is 13.5. The number of nitrogens with zero attached hydrogens (tertiary/aromatic N) is 2. The molecule has 5 rings (SSSR count). The van der Waals surface area contributed by atoms with Crippen LogP contribution in [0.25, 0.3) is 22.0 Å². The highest BCUT2D eigenvalue weighted by molar-refractivity contribution is 7.91. The van der Waals surface area contributed by atoms with Crippen molar-refractivity contribution in [2.45, 2.75) is 31.6 Å². The summed E-state index contributed by atoms with van der Waals surface area (Å²) in [6.07, 6.45) is 2.32. The third-order valence-electron chi connectivity index (χ3n) is 6.32. The highest BCUT2D eigenvalue weighted by Gasteiger charge is 2.38. The summed E-state index contributed by atoms with van der Waals surface area (Å²) >= 11 is 0. The minimum absolute atomic E-state index is 0.118. The number of phenolic OH excluding ortho intramolecular Hbond substituents is 1. The molecule has 37 heavy (non-hydrogen) atoms. The fourth-order valence-electron chi connectivity index (χ4n) is 4.38. The molecule has 12 heteroatoms. The van der Waals surface area contributed by atoms with Crippen molar-refractivity contribution in [3.8, 4) is 16.9 Å². The van der Waals surface area contributed by atoms with Crippen LogP contribution in [0.4, 0.5) is 5.69 Å². The van der Waals surface area contributed by atoms with Gasteiger partial charge in [0.25, 0.3) is 17.2 Å². The van der Waals surface area contributed by atoms with Crippen molar-refractivity contribution >= 4 is 32.5 Å². The quantitative estimate of drug-likeness (QED) is 0.248. The first kappa shape index (κ1) is 24.3. The number of amides is 1. The fourth-order valence-corrected chi connectivity index (χ4v) is 5.66. The van der Waals surface area contributed by atoms with E-state index in [9.17, 15) is 33.2 Å². The molecular weight excluding hydrogens is 500 g/mol. The molecule has 0 radical (unpaired) electrons. The zero-order valence-electron chi connectivity index (χ0n) is 19.6. The van der Waals surface area contributed by atoms with Gasteiger partial charge in [-0.05, 0) is 50.1 Å². The van der Waals surface area contributed by atoms with Gasteiger partial charge in [0.2, 0.25) is 10.0 Å². The average molecular weight is 523 g/mol. The van der Waals surface area contributed by atoms with Gasteiger partial charge >= 0.3 is 0 Å². The van der Waals surface area contributed by atoms with Crippen LogP contribution in [0.2, 0.25) is 0 Å². The maximum absolute atomic E-state index is 13.6. The lowest BCUT2D eigenvalue weighted by Gasteiger charge is -2.14. The van der Waals surface area contributed by atoms with E-state index in [-0.39, 0.29) is 40.4 Å². The van der Waals surface area contributed by atoms with Crippen LogP contribution in [0.1, 0.15) is 34.5 Å². The van der Waals surface area contributed by atoms with Crippen molar-refractivity contribution in [2.24, 2.45) is 0 Å². The standard InChI is InChI=1S/C25H22N4O7S/c1-14-4-8-20-19(11-14)22(18-3-2-10-26-24(18)31)23(25(32)27-37(35,36)17-6-7-17)28(20)13-15-12-16(29(33)34)5-9-21(15)30/h2-5,8-12,17,30H,6-7,13H2,1H3,(H,26,31)(H,27,32). The number of aryl methyl sites for hydroxylation is 1. The summed E-state index contributed by atoms with van der Waals surface area (Å²) in [6.45, 7) is 1.63. The van der Waals surface area contributed by atoms with Crippen molar-refractivity contribution in [1.82, 2.24) is 14.3 Å². The molecule has 1 saturated carbocycles. The monoisotopic (exact) mass is 522 g/mol. The lowest BCUT2D eigenvalue weighted by Crippen LogP contribution is -2.35. The summed E-state index contributed by atoms with van der Waals surface area (Å²) in [7, 11) is -3.94. The molecular formula is C25H22N4O7S. The molecule has 2 heterocycles. The van der Waals surface area contributed by atoms with Crippen LogP contribution >= 0.6 is 0 Å². The lowest BCUT2D eigenvalue weighted by atomic mass is 10.0. The Morgan fingerprint density at radius 1 is 1.22 bits per heavy atom. The molecule has 1 aliphatic rings. The van der Waals surface area contributed by atoms with E-state index >= 15 is 0 Å². The first-order valence-electron chi connectivity index (χ1n) is 11.4. The number of benzene rings is 2. The van der Waals surface area contributed by atoms with E-state index in [0.29, 0.717) is 23.7 Å². The van der Waals surface area contributed by atoms with E-state index in [0.717, 1.165) is 11.6 Å². The minimum Gasteiger partial charge on any atom is -0.508 e. The Kier molecular flexibility index (Phi) is 5.83. The molecule has 0 aliphatic heterocycles. The van der Waals surface area contributed by atoms with Gasteiger partial charge in [-0.2, -0.15) is 0 Å². The Balaban J connectivity index is 1.80. The van der Waals surface area contributed by atoms with Gasteiger partial charge in [-0.25, -0.2) is 13.1 Å². The number of aromatic nitrogens is 2. The van der Waals surface area contributed by atoms with E-state index in [2.05, 4.69) is 9.71 Å². The Labute approximate surface area is 210 Å². The van der Waals surface area contributed by atoms with Gasteiger partial charge in [-0.1, -0.05) is 11.6 Å². The number of pyridine rings is 1. The van der Waals surface area contributed by atoms with Crippen LogP contribution in [0.15, 0.2) is 59.5 Å². The van der Waals surface area contributed by atoms with Gasteiger partial charge < -0.3 is 14.7 Å². The van der Waals surface area contributed by atoms with Crippen molar-refractivity contribution in [1.29, 1.82) is 0 Å². The lowest BCUT2D eigenvalue weighted by molar-refractivity contribution is -0.384. The van der Waals surface area contributed by atoms with Crippen LogP contribution in [-0.4, -0.2) is 39.2 Å². The average Bonchev–Trinajstić information content (AvgIpc) is 3.65. The van der Waals surface area contributed by atoms with E-state index in [1.165, 1.54) is 29.0 Å². The predicted molar refractivity (Wildman–Crippen MR) is 136 cm³/mol. The van der Waals surface area contributed by atoms with Gasteiger partial charge in [0.05, 0.1) is 16.7 Å². The molecule has 0 unspecified atom stereocenters. The molecule has 2 aromatic carbocycles. The molecule has 0 spiro atoms. The van der Waals surface area contributed by atoms with E-state index in [1.807, 2.05) is 6.92 Å². The summed E-state index contributed by atoms with van der Waals surface area (Å²) in [5.41, 5.74) is 0.940. The van der Waals surface area contributed by atoms with Gasteiger partial charge in [-0.3, -0.25) is 19.7 Å².